The van der Waals surface area contributed by atoms with E-state index < -0.39 is 0 Å². The predicted octanol–water partition coefficient (Wildman–Crippen LogP) is 4.17. The highest BCUT2D eigenvalue weighted by molar-refractivity contribution is 7.98. The SMILES string of the molecule is CSc1nc(N)c2ccnc(Oc3cccc4c3cnn4C3CCCCO3)c2n1. The molecule has 1 aromatic carbocycles. The molecule has 1 saturated heterocycles. The lowest BCUT2D eigenvalue weighted by molar-refractivity contribution is -0.0366. The Morgan fingerprint density at radius 2 is 2.14 bits per heavy atom. The Labute approximate surface area is 171 Å². The van der Waals surface area contributed by atoms with Gasteiger partial charge >= 0.3 is 0 Å². The van der Waals surface area contributed by atoms with Crippen molar-refractivity contribution >= 4 is 39.4 Å². The Bertz CT molecular complexity index is 1190. The number of nitrogen functional groups attached to an aromatic ring is 1. The average molecular weight is 408 g/mol. The van der Waals surface area contributed by atoms with Crippen LogP contribution in [0.3, 0.4) is 0 Å². The van der Waals surface area contributed by atoms with Crippen LogP contribution in [0, 0.1) is 0 Å². The fourth-order valence-corrected chi connectivity index (χ4v) is 3.95. The van der Waals surface area contributed by atoms with Crippen LogP contribution in [0.4, 0.5) is 5.82 Å². The second-order valence-electron chi connectivity index (χ2n) is 6.81. The van der Waals surface area contributed by atoms with Crippen molar-refractivity contribution in [1.82, 2.24) is 24.7 Å². The Morgan fingerprint density at radius 3 is 2.97 bits per heavy atom. The fourth-order valence-electron chi connectivity index (χ4n) is 3.58. The number of nitrogens with two attached hydrogens (primary N) is 1. The van der Waals surface area contributed by atoms with E-state index in [0.717, 1.165) is 36.8 Å². The predicted molar refractivity (Wildman–Crippen MR) is 112 cm³/mol. The third-order valence-corrected chi connectivity index (χ3v) is 5.56. The van der Waals surface area contributed by atoms with Crippen molar-refractivity contribution in [2.75, 3.05) is 18.6 Å². The summed E-state index contributed by atoms with van der Waals surface area (Å²) in [5.74, 6) is 1.46. The fraction of sp³-hybridized carbons (Fsp3) is 0.300. The van der Waals surface area contributed by atoms with Gasteiger partial charge in [0.1, 0.15) is 17.1 Å². The van der Waals surface area contributed by atoms with Gasteiger partial charge in [-0.2, -0.15) is 5.10 Å². The van der Waals surface area contributed by atoms with Crippen LogP contribution in [-0.4, -0.2) is 37.6 Å². The van der Waals surface area contributed by atoms with Gasteiger partial charge in [-0.25, -0.2) is 19.6 Å². The van der Waals surface area contributed by atoms with Gasteiger partial charge < -0.3 is 15.2 Å². The molecule has 8 nitrogen and oxygen atoms in total. The van der Waals surface area contributed by atoms with E-state index in [4.69, 9.17) is 15.2 Å². The largest absolute Gasteiger partial charge is 0.436 e. The molecule has 4 heterocycles. The van der Waals surface area contributed by atoms with E-state index in [1.807, 2.05) is 35.3 Å². The van der Waals surface area contributed by atoms with Gasteiger partial charge in [-0.05, 0) is 43.7 Å². The first-order chi connectivity index (χ1) is 14.2. The number of rotatable bonds is 4. The molecule has 9 heteroatoms. The van der Waals surface area contributed by atoms with Gasteiger partial charge in [0.25, 0.3) is 0 Å². The van der Waals surface area contributed by atoms with E-state index in [1.165, 1.54) is 11.8 Å². The molecule has 5 rings (SSSR count). The number of nitrogens with zero attached hydrogens (tertiary/aromatic N) is 5. The van der Waals surface area contributed by atoms with Crippen molar-refractivity contribution < 1.29 is 9.47 Å². The molecule has 29 heavy (non-hydrogen) atoms. The number of fused-ring (bicyclic) bond motifs is 2. The zero-order chi connectivity index (χ0) is 19.8. The van der Waals surface area contributed by atoms with Gasteiger partial charge in [-0.1, -0.05) is 17.8 Å². The molecule has 1 aliphatic heterocycles. The van der Waals surface area contributed by atoms with Crippen LogP contribution in [0.5, 0.6) is 11.6 Å². The van der Waals surface area contributed by atoms with Crippen LogP contribution in [0.2, 0.25) is 0 Å². The topological polar surface area (TPSA) is 101 Å². The van der Waals surface area contributed by atoms with E-state index in [1.54, 1.807) is 12.3 Å². The molecule has 148 valence electrons. The van der Waals surface area contributed by atoms with Gasteiger partial charge in [-0.3, -0.25) is 0 Å². The quantitative estimate of drug-likeness (QED) is 0.397. The molecule has 0 radical (unpaired) electrons. The first-order valence-corrected chi connectivity index (χ1v) is 10.7. The summed E-state index contributed by atoms with van der Waals surface area (Å²) >= 11 is 1.42. The summed E-state index contributed by atoms with van der Waals surface area (Å²) in [7, 11) is 0. The number of anilines is 1. The highest BCUT2D eigenvalue weighted by Crippen LogP contribution is 2.35. The summed E-state index contributed by atoms with van der Waals surface area (Å²) in [5.41, 5.74) is 7.65. The maximum Gasteiger partial charge on any atom is 0.246 e. The molecule has 0 amide bonds. The molecule has 1 unspecified atom stereocenters. The minimum Gasteiger partial charge on any atom is -0.436 e. The van der Waals surface area contributed by atoms with Crippen LogP contribution >= 0.6 is 11.8 Å². The maximum absolute atomic E-state index is 6.20. The molecule has 2 N–H and O–H groups in total. The number of hydrogen-bond donors (Lipinski definition) is 1. The third-order valence-electron chi connectivity index (χ3n) is 5.01. The van der Waals surface area contributed by atoms with E-state index in [0.29, 0.717) is 33.5 Å². The standard InChI is InChI=1S/C20H20N6O2S/c1-29-20-24-17-12(18(21)25-20)8-9-22-19(17)28-15-6-4-5-14-13(15)11-23-26(14)16-7-2-3-10-27-16/h4-6,8-9,11,16H,2-3,7,10H2,1H3,(H2,21,24,25). The zero-order valence-corrected chi connectivity index (χ0v) is 16.7. The summed E-state index contributed by atoms with van der Waals surface area (Å²) in [5, 5.41) is 6.75. The van der Waals surface area contributed by atoms with Gasteiger partial charge in [0.05, 0.1) is 17.1 Å². The van der Waals surface area contributed by atoms with Crippen molar-refractivity contribution in [3.8, 4) is 11.6 Å². The minimum atomic E-state index is -0.0381. The lowest BCUT2D eigenvalue weighted by Crippen LogP contribution is -2.18. The lowest BCUT2D eigenvalue weighted by Gasteiger charge is -2.23. The Morgan fingerprint density at radius 1 is 1.21 bits per heavy atom. The molecule has 1 aliphatic rings. The summed E-state index contributed by atoms with van der Waals surface area (Å²) in [6, 6.07) is 7.66. The summed E-state index contributed by atoms with van der Waals surface area (Å²) < 4.78 is 14.0. The van der Waals surface area contributed by atoms with Crippen molar-refractivity contribution in [2.24, 2.45) is 0 Å². The maximum atomic E-state index is 6.20. The molecule has 0 spiro atoms. The van der Waals surface area contributed by atoms with Crippen LogP contribution < -0.4 is 10.5 Å². The Kier molecular flexibility index (Phi) is 4.69. The van der Waals surface area contributed by atoms with Crippen molar-refractivity contribution in [3.05, 3.63) is 36.7 Å². The van der Waals surface area contributed by atoms with Crippen LogP contribution in [0.1, 0.15) is 25.5 Å². The normalized spacial score (nSPS) is 17.1. The van der Waals surface area contributed by atoms with Gasteiger partial charge in [0, 0.05) is 18.2 Å². The van der Waals surface area contributed by atoms with Crippen LogP contribution in [0.15, 0.2) is 41.8 Å². The number of pyridine rings is 1. The second-order valence-corrected chi connectivity index (χ2v) is 7.58. The summed E-state index contributed by atoms with van der Waals surface area (Å²) in [6.45, 7) is 0.765. The number of aromatic nitrogens is 5. The molecular weight excluding hydrogens is 388 g/mol. The minimum absolute atomic E-state index is 0.0381. The highest BCUT2D eigenvalue weighted by atomic mass is 32.2. The van der Waals surface area contributed by atoms with E-state index in [9.17, 15) is 0 Å². The first-order valence-electron chi connectivity index (χ1n) is 9.46. The molecule has 0 aliphatic carbocycles. The van der Waals surface area contributed by atoms with E-state index in [2.05, 4.69) is 20.1 Å². The molecule has 4 aromatic rings. The van der Waals surface area contributed by atoms with Crippen molar-refractivity contribution in [3.63, 3.8) is 0 Å². The van der Waals surface area contributed by atoms with Crippen LogP contribution in [0.25, 0.3) is 21.8 Å². The monoisotopic (exact) mass is 408 g/mol. The third kappa shape index (κ3) is 3.26. The molecule has 0 saturated carbocycles. The second kappa shape index (κ2) is 7.49. The summed E-state index contributed by atoms with van der Waals surface area (Å²) in [4.78, 5) is 13.2. The molecule has 3 aromatic heterocycles. The van der Waals surface area contributed by atoms with Crippen LogP contribution in [-0.2, 0) is 4.74 Å². The van der Waals surface area contributed by atoms with Crippen molar-refractivity contribution in [2.45, 2.75) is 30.6 Å². The number of benzene rings is 1. The molecule has 1 atom stereocenters. The van der Waals surface area contributed by atoms with Gasteiger partial charge in [0.15, 0.2) is 11.4 Å². The highest BCUT2D eigenvalue weighted by Gasteiger charge is 2.20. The average Bonchev–Trinajstić information content (AvgIpc) is 3.20. The van der Waals surface area contributed by atoms with E-state index in [-0.39, 0.29) is 6.23 Å². The first kappa shape index (κ1) is 18.1. The van der Waals surface area contributed by atoms with E-state index >= 15 is 0 Å². The Hall–Kier alpha value is -2.91. The zero-order valence-electron chi connectivity index (χ0n) is 15.9. The number of hydrogen-bond acceptors (Lipinski definition) is 8. The number of thioether (sulfide) groups is 1. The smallest absolute Gasteiger partial charge is 0.246 e. The number of ether oxygens (including phenoxy) is 2. The molecule has 1 fully saturated rings. The summed E-state index contributed by atoms with van der Waals surface area (Å²) in [6.07, 6.45) is 8.52. The molecule has 0 bridgehead atoms. The molecular formula is C20H20N6O2S. The van der Waals surface area contributed by atoms with Gasteiger partial charge in [-0.15, -0.1) is 0 Å². The van der Waals surface area contributed by atoms with Crippen molar-refractivity contribution in [1.29, 1.82) is 0 Å². The lowest BCUT2D eigenvalue weighted by atomic mass is 10.2. The van der Waals surface area contributed by atoms with Gasteiger partial charge in [0.2, 0.25) is 5.88 Å². The Balaban J connectivity index is 1.57.